The zero-order valence-electron chi connectivity index (χ0n) is 12.8. The van der Waals surface area contributed by atoms with Crippen LogP contribution in [0.2, 0.25) is 10.0 Å². The summed E-state index contributed by atoms with van der Waals surface area (Å²) in [6, 6.07) is 12.3. The number of hydrogen-bond acceptors (Lipinski definition) is 4. The Morgan fingerprint density at radius 2 is 1.96 bits per heavy atom. The summed E-state index contributed by atoms with van der Waals surface area (Å²) < 4.78 is 11.1. The van der Waals surface area contributed by atoms with Crippen LogP contribution < -0.4 is 14.9 Å². The lowest BCUT2D eigenvalue weighted by atomic mass is 10.1. The fraction of sp³-hybridized carbons (Fsp3) is 0.176. The topological polar surface area (TPSA) is 59.9 Å². The normalized spacial score (nSPS) is 16.6. The number of hydrogen-bond donors (Lipinski definition) is 1. The first-order valence-corrected chi connectivity index (χ1v) is 7.98. The Hall–Kier alpha value is -2.24. The van der Waals surface area contributed by atoms with Gasteiger partial charge in [0.05, 0.1) is 10.7 Å². The average molecular weight is 365 g/mol. The molecule has 1 atom stereocenters. The predicted octanol–water partition coefficient (Wildman–Crippen LogP) is 3.67. The summed E-state index contributed by atoms with van der Waals surface area (Å²) in [5.74, 6) is 0.758. The lowest BCUT2D eigenvalue weighted by molar-refractivity contribution is -0.130. The van der Waals surface area contributed by atoms with Crippen LogP contribution >= 0.6 is 23.2 Å². The minimum absolute atomic E-state index is 0.124. The summed E-state index contributed by atoms with van der Waals surface area (Å²) in [6.45, 7) is 1.86. The highest BCUT2D eigenvalue weighted by Crippen LogP contribution is 2.30. The van der Waals surface area contributed by atoms with Crippen molar-refractivity contribution >= 4 is 34.8 Å². The van der Waals surface area contributed by atoms with Crippen molar-refractivity contribution in [2.75, 3.05) is 6.61 Å². The summed E-state index contributed by atoms with van der Waals surface area (Å²) in [4.78, 5) is 12.2. The Morgan fingerprint density at radius 3 is 2.71 bits per heavy atom. The van der Waals surface area contributed by atoms with Crippen LogP contribution in [0, 0.1) is 0 Å². The number of carbonyl (C=O) groups is 1. The Balaban J connectivity index is 1.67. The zero-order chi connectivity index (χ0) is 17.1. The first-order valence-electron chi connectivity index (χ1n) is 7.22. The SMILES string of the molecule is C/C(=N/NC(=O)[C@@H]1COc2ccccc2O1)c1ccc(Cl)cc1Cl. The number of para-hydroxylation sites is 2. The van der Waals surface area contributed by atoms with Crippen LogP contribution in [0.4, 0.5) is 0 Å². The van der Waals surface area contributed by atoms with Crippen LogP contribution in [0.3, 0.4) is 0 Å². The summed E-state index contributed by atoms with van der Waals surface area (Å²) in [6.07, 6.45) is -0.767. The van der Waals surface area contributed by atoms with Gasteiger partial charge in [-0.05, 0) is 31.2 Å². The third kappa shape index (κ3) is 3.63. The van der Waals surface area contributed by atoms with E-state index in [-0.39, 0.29) is 6.61 Å². The number of nitrogens with zero attached hydrogens (tertiary/aromatic N) is 1. The van der Waals surface area contributed by atoms with Gasteiger partial charge in [-0.15, -0.1) is 0 Å². The number of rotatable bonds is 3. The third-order valence-corrected chi connectivity index (χ3v) is 4.00. The van der Waals surface area contributed by atoms with Crippen LogP contribution in [0.15, 0.2) is 47.6 Å². The molecule has 0 aliphatic carbocycles. The first-order chi connectivity index (χ1) is 11.5. The summed E-state index contributed by atoms with van der Waals surface area (Å²) in [7, 11) is 0. The first kappa shape index (κ1) is 16.6. The monoisotopic (exact) mass is 364 g/mol. The van der Waals surface area contributed by atoms with Gasteiger partial charge in [0.15, 0.2) is 11.5 Å². The Morgan fingerprint density at radius 1 is 1.21 bits per heavy atom. The minimum atomic E-state index is -0.767. The van der Waals surface area contributed by atoms with Gasteiger partial charge in [-0.1, -0.05) is 41.4 Å². The molecule has 0 saturated carbocycles. The Kier molecular flexibility index (Phi) is 4.92. The van der Waals surface area contributed by atoms with Gasteiger partial charge < -0.3 is 9.47 Å². The fourth-order valence-corrected chi connectivity index (χ4v) is 2.75. The molecule has 5 nitrogen and oxygen atoms in total. The molecule has 2 aromatic rings. The molecule has 0 aromatic heterocycles. The van der Waals surface area contributed by atoms with Gasteiger partial charge in [-0.2, -0.15) is 5.10 Å². The molecule has 0 bridgehead atoms. The van der Waals surface area contributed by atoms with Gasteiger partial charge in [0.2, 0.25) is 6.10 Å². The fourth-order valence-electron chi connectivity index (χ4n) is 2.20. The number of carbonyl (C=O) groups excluding carboxylic acids is 1. The molecule has 1 heterocycles. The second kappa shape index (κ2) is 7.11. The number of benzene rings is 2. The molecule has 0 spiro atoms. The van der Waals surface area contributed by atoms with Crippen molar-refractivity contribution in [1.82, 2.24) is 5.43 Å². The highest BCUT2D eigenvalue weighted by Gasteiger charge is 2.27. The number of nitrogens with one attached hydrogen (secondary N) is 1. The Labute approximate surface area is 149 Å². The average Bonchev–Trinajstić information content (AvgIpc) is 2.59. The van der Waals surface area contributed by atoms with Crippen molar-refractivity contribution in [3.8, 4) is 11.5 Å². The quantitative estimate of drug-likeness (QED) is 0.667. The lowest BCUT2D eigenvalue weighted by Crippen LogP contribution is -2.42. The van der Waals surface area contributed by atoms with Crippen molar-refractivity contribution < 1.29 is 14.3 Å². The molecule has 24 heavy (non-hydrogen) atoms. The summed E-state index contributed by atoms with van der Waals surface area (Å²) >= 11 is 12.0. The van der Waals surface area contributed by atoms with E-state index in [1.807, 2.05) is 12.1 Å². The molecule has 1 aliphatic heterocycles. The van der Waals surface area contributed by atoms with Crippen molar-refractivity contribution in [3.05, 3.63) is 58.1 Å². The van der Waals surface area contributed by atoms with E-state index in [0.29, 0.717) is 32.8 Å². The maximum Gasteiger partial charge on any atom is 0.284 e. The third-order valence-electron chi connectivity index (χ3n) is 3.46. The molecule has 0 radical (unpaired) electrons. The largest absolute Gasteiger partial charge is 0.485 e. The van der Waals surface area contributed by atoms with E-state index >= 15 is 0 Å². The van der Waals surface area contributed by atoms with E-state index in [1.54, 1.807) is 37.3 Å². The molecule has 2 aromatic carbocycles. The molecular weight excluding hydrogens is 351 g/mol. The molecule has 1 aliphatic rings. The molecule has 1 N–H and O–H groups in total. The van der Waals surface area contributed by atoms with Gasteiger partial charge in [0, 0.05) is 10.6 Å². The van der Waals surface area contributed by atoms with Crippen LogP contribution in [0.1, 0.15) is 12.5 Å². The molecular formula is C17H14Cl2N2O3. The van der Waals surface area contributed by atoms with Crippen molar-refractivity contribution in [2.45, 2.75) is 13.0 Å². The summed E-state index contributed by atoms with van der Waals surface area (Å²) in [5.41, 5.74) is 3.72. The van der Waals surface area contributed by atoms with Gasteiger partial charge in [-0.25, -0.2) is 5.43 Å². The molecule has 0 fully saturated rings. The second-order valence-electron chi connectivity index (χ2n) is 5.16. The Bertz CT molecular complexity index is 808. The molecule has 3 rings (SSSR count). The standard InChI is InChI=1S/C17H14Cl2N2O3/c1-10(12-7-6-11(18)8-13(12)19)20-21-17(22)16-9-23-14-4-2-3-5-15(14)24-16/h2-8,16H,9H2,1H3,(H,21,22)/b20-10-/t16-/m0/s1. The zero-order valence-corrected chi connectivity index (χ0v) is 14.3. The second-order valence-corrected chi connectivity index (χ2v) is 6.01. The lowest BCUT2D eigenvalue weighted by Gasteiger charge is -2.24. The number of hydrazone groups is 1. The smallest absolute Gasteiger partial charge is 0.284 e. The highest BCUT2D eigenvalue weighted by atomic mass is 35.5. The van der Waals surface area contributed by atoms with Gasteiger partial charge in [0.1, 0.15) is 6.61 Å². The maximum absolute atomic E-state index is 12.2. The van der Waals surface area contributed by atoms with Gasteiger partial charge >= 0.3 is 0 Å². The van der Waals surface area contributed by atoms with E-state index < -0.39 is 12.0 Å². The molecule has 7 heteroatoms. The van der Waals surface area contributed by atoms with Crippen LogP contribution in [-0.4, -0.2) is 24.3 Å². The predicted molar refractivity (Wildman–Crippen MR) is 93.2 cm³/mol. The number of halogens is 2. The van der Waals surface area contributed by atoms with Gasteiger partial charge in [0.25, 0.3) is 5.91 Å². The van der Waals surface area contributed by atoms with Crippen LogP contribution in [0.5, 0.6) is 11.5 Å². The molecule has 124 valence electrons. The molecule has 1 amide bonds. The summed E-state index contributed by atoms with van der Waals surface area (Å²) in [5, 5.41) is 5.07. The van der Waals surface area contributed by atoms with E-state index in [0.717, 1.165) is 0 Å². The van der Waals surface area contributed by atoms with E-state index in [1.165, 1.54) is 0 Å². The van der Waals surface area contributed by atoms with Crippen LogP contribution in [-0.2, 0) is 4.79 Å². The van der Waals surface area contributed by atoms with Crippen molar-refractivity contribution in [3.63, 3.8) is 0 Å². The molecule has 0 saturated heterocycles. The highest BCUT2D eigenvalue weighted by molar-refractivity contribution is 6.37. The van der Waals surface area contributed by atoms with E-state index in [2.05, 4.69) is 10.5 Å². The van der Waals surface area contributed by atoms with E-state index in [9.17, 15) is 4.79 Å². The van der Waals surface area contributed by atoms with Gasteiger partial charge in [-0.3, -0.25) is 4.79 Å². The molecule has 0 unspecified atom stereocenters. The number of ether oxygens (including phenoxy) is 2. The van der Waals surface area contributed by atoms with Crippen LogP contribution in [0.25, 0.3) is 0 Å². The van der Waals surface area contributed by atoms with Crippen molar-refractivity contribution in [1.29, 1.82) is 0 Å². The number of amides is 1. The number of fused-ring (bicyclic) bond motifs is 1. The van der Waals surface area contributed by atoms with E-state index in [4.69, 9.17) is 32.7 Å². The maximum atomic E-state index is 12.2. The van der Waals surface area contributed by atoms with Crippen molar-refractivity contribution in [2.24, 2.45) is 5.10 Å². The minimum Gasteiger partial charge on any atom is -0.485 e.